The van der Waals surface area contributed by atoms with Crippen LogP contribution in [0.15, 0.2) is 11.6 Å². The van der Waals surface area contributed by atoms with Gasteiger partial charge in [0.25, 0.3) is 0 Å². The van der Waals surface area contributed by atoms with Crippen molar-refractivity contribution in [1.82, 2.24) is 0 Å². The molecule has 4 aliphatic carbocycles. The minimum Gasteiger partial charge on any atom is -0.462 e. The second-order valence-corrected chi connectivity index (χ2v) is 13.3. The molecule has 11 atom stereocenters. The molecular weight excluding hydrogens is 412 g/mol. The van der Waals surface area contributed by atoms with Crippen LogP contribution in [0.25, 0.3) is 0 Å². The molecule has 0 unspecified atom stereocenters. The van der Waals surface area contributed by atoms with E-state index in [2.05, 4.69) is 33.8 Å². The van der Waals surface area contributed by atoms with Crippen LogP contribution in [0.3, 0.4) is 0 Å². The molecule has 5 fully saturated rings. The first-order chi connectivity index (χ1) is 15.7. The summed E-state index contributed by atoms with van der Waals surface area (Å²) >= 11 is 0. The van der Waals surface area contributed by atoms with Crippen molar-refractivity contribution in [1.29, 1.82) is 0 Å². The van der Waals surface area contributed by atoms with Crippen LogP contribution in [0.1, 0.15) is 92.4 Å². The van der Waals surface area contributed by atoms with Crippen LogP contribution in [-0.4, -0.2) is 30.6 Å². The van der Waals surface area contributed by atoms with Crippen LogP contribution >= 0.6 is 0 Å². The van der Waals surface area contributed by atoms with Crippen LogP contribution in [0, 0.1) is 46.3 Å². The zero-order valence-electron chi connectivity index (χ0n) is 21.4. The van der Waals surface area contributed by atoms with Gasteiger partial charge in [-0.25, -0.2) is 0 Å². The summed E-state index contributed by atoms with van der Waals surface area (Å²) in [6.07, 6.45) is 13.6. The third-order valence-electron chi connectivity index (χ3n) is 11.7. The first-order valence-electron chi connectivity index (χ1n) is 13.8. The van der Waals surface area contributed by atoms with Gasteiger partial charge in [0.05, 0.1) is 12.7 Å². The number of ether oxygens (including phenoxy) is 3. The van der Waals surface area contributed by atoms with Crippen LogP contribution in [-0.2, 0) is 19.0 Å². The molecule has 6 rings (SSSR count). The Morgan fingerprint density at radius 1 is 1.09 bits per heavy atom. The summed E-state index contributed by atoms with van der Waals surface area (Å²) in [5, 5.41) is 0. The Labute approximate surface area is 200 Å². The van der Waals surface area contributed by atoms with E-state index in [4.69, 9.17) is 14.2 Å². The third kappa shape index (κ3) is 3.18. The number of hydrogen-bond acceptors (Lipinski definition) is 4. The monoisotopic (exact) mass is 456 g/mol. The lowest BCUT2D eigenvalue weighted by molar-refractivity contribution is -0.272. The minimum absolute atomic E-state index is 0.0849. The molecule has 4 nitrogen and oxygen atoms in total. The lowest BCUT2D eigenvalue weighted by Crippen LogP contribution is -2.52. The topological polar surface area (TPSA) is 44.8 Å². The summed E-state index contributed by atoms with van der Waals surface area (Å²) in [7, 11) is 0. The average molecular weight is 457 g/mol. The van der Waals surface area contributed by atoms with Crippen LogP contribution in [0.5, 0.6) is 0 Å². The average Bonchev–Trinajstić information content (AvgIpc) is 3.21. The lowest BCUT2D eigenvalue weighted by atomic mass is 9.47. The van der Waals surface area contributed by atoms with E-state index >= 15 is 0 Å². The van der Waals surface area contributed by atoms with Crippen molar-refractivity contribution in [2.45, 2.75) is 110 Å². The van der Waals surface area contributed by atoms with Gasteiger partial charge in [-0.15, -0.1) is 0 Å². The van der Waals surface area contributed by atoms with Gasteiger partial charge in [0, 0.05) is 25.7 Å². The number of rotatable bonds is 1. The molecule has 33 heavy (non-hydrogen) atoms. The summed E-state index contributed by atoms with van der Waals surface area (Å²) in [5.41, 5.74) is 2.24. The van der Waals surface area contributed by atoms with Gasteiger partial charge < -0.3 is 14.2 Å². The number of carbonyl (C=O) groups excluding carboxylic acids is 1. The predicted molar refractivity (Wildman–Crippen MR) is 127 cm³/mol. The van der Waals surface area contributed by atoms with Gasteiger partial charge in [-0.05, 0) is 85.4 Å². The molecule has 0 aromatic heterocycles. The Morgan fingerprint density at radius 2 is 1.91 bits per heavy atom. The SMILES string of the molecule is CC(=O)O[C@@H]1CC[C@]2(C)C(=CC[C@@H]3[C@H]4C[C@@H]5O[C@]6(CC[C@H](C)CO6)[C@@H](C)[C@@H]5[C@]4(C)CC[C@H]32)C1. The van der Waals surface area contributed by atoms with Crippen molar-refractivity contribution in [3.05, 3.63) is 11.6 Å². The van der Waals surface area contributed by atoms with Crippen molar-refractivity contribution in [3.8, 4) is 0 Å². The molecular formula is C29H44O4. The highest BCUT2D eigenvalue weighted by Crippen LogP contribution is 2.70. The van der Waals surface area contributed by atoms with Gasteiger partial charge in [0.2, 0.25) is 0 Å². The number of esters is 1. The van der Waals surface area contributed by atoms with E-state index < -0.39 is 0 Å². The highest BCUT2D eigenvalue weighted by molar-refractivity contribution is 5.66. The van der Waals surface area contributed by atoms with Crippen molar-refractivity contribution in [2.75, 3.05) is 6.61 Å². The van der Waals surface area contributed by atoms with Crippen LogP contribution in [0.2, 0.25) is 0 Å². The fourth-order valence-electron chi connectivity index (χ4n) is 9.98. The molecule has 2 aliphatic heterocycles. The molecule has 0 N–H and O–H groups in total. The normalized spacial score (nSPS) is 55.2. The number of allylic oxidation sites excluding steroid dienone is 1. The first-order valence-corrected chi connectivity index (χ1v) is 13.8. The van der Waals surface area contributed by atoms with Gasteiger partial charge >= 0.3 is 5.97 Å². The molecule has 4 heteroatoms. The van der Waals surface area contributed by atoms with Crippen molar-refractivity contribution in [3.63, 3.8) is 0 Å². The summed E-state index contributed by atoms with van der Waals surface area (Å²) < 4.78 is 19.0. The molecule has 0 aromatic carbocycles. The van der Waals surface area contributed by atoms with Crippen molar-refractivity contribution in [2.24, 2.45) is 46.3 Å². The Balaban J connectivity index is 1.24. The quantitative estimate of drug-likeness (QED) is 0.344. The van der Waals surface area contributed by atoms with Crippen LogP contribution < -0.4 is 0 Å². The molecule has 2 saturated heterocycles. The van der Waals surface area contributed by atoms with Crippen LogP contribution in [0.4, 0.5) is 0 Å². The minimum atomic E-state index is -0.312. The Hall–Kier alpha value is -0.870. The maximum Gasteiger partial charge on any atom is 0.302 e. The lowest BCUT2D eigenvalue weighted by Gasteiger charge is -2.58. The number of fused-ring (bicyclic) bond motifs is 7. The zero-order valence-corrected chi connectivity index (χ0v) is 21.4. The summed E-state index contributed by atoms with van der Waals surface area (Å²) in [6, 6.07) is 0. The highest BCUT2D eigenvalue weighted by Gasteiger charge is 2.68. The van der Waals surface area contributed by atoms with Crippen molar-refractivity contribution < 1.29 is 19.0 Å². The van der Waals surface area contributed by atoms with E-state index in [1.54, 1.807) is 12.5 Å². The molecule has 0 amide bonds. The maximum atomic E-state index is 11.5. The summed E-state index contributed by atoms with van der Waals surface area (Å²) in [5.74, 6) is 3.64. The standard InChI is InChI=1S/C29H44O4/c1-17-8-13-29(31-16-17)18(2)26-25(33-29)15-24-22-7-6-20-14-21(32-19(3)30)9-11-27(20,4)23(22)10-12-28(24,26)5/h6,17-18,21-26H,7-16H2,1-5H3/t17-,18-,21+,22-,23+,24+,25-,26-,27+,28+,29+/m0/s1. The number of hydrogen-bond donors (Lipinski definition) is 0. The predicted octanol–water partition coefficient (Wildman–Crippen LogP) is 6.28. The summed E-state index contributed by atoms with van der Waals surface area (Å²) in [6.45, 7) is 12.3. The maximum absolute atomic E-state index is 11.5. The molecule has 0 aromatic rings. The van der Waals surface area contributed by atoms with Gasteiger partial charge in [0.1, 0.15) is 6.10 Å². The molecule has 6 aliphatic rings. The number of carbonyl (C=O) groups is 1. The molecule has 1 spiro atoms. The first kappa shape index (κ1) is 22.6. The Bertz CT molecular complexity index is 841. The van der Waals surface area contributed by atoms with E-state index in [0.29, 0.717) is 29.3 Å². The van der Waals surface area contributed by atoms with Gasteiger partial charge in [-0.2, -0.15) is 0 Å². The van der Waals surface area contributed by atoms with E-state index in [0.717, 1.165) is 50.0 Å². The van der Waals surface area contributed by atoms with E-state index in [-0.39, 0.29) is 23.3 Å². The second-order valence-electron chi connectivity index (χ2n) is 13.3. The molecule has 0 bridgehead atoms. The fourth-order valence-corrected chi connectivity index (χ4v) is 9.98. The molecule has 184 valence electrons. The molecule has 3 saturated carbocycles. The van der Waals surface area contributed by atoms with E-state index in [1.165, 1.54) is 32.1 Å². The smallest absolute Gasteiger partial charge is 0.302 e. The fraction of sp³-hybridized carbons (Fsp3) is 0.897. The van der Waals surface area contributed by atoms with E-state index in [1.807, 2.05) is 0 Å². The van der Waals surface area contributed by atoms with Gasteiger partial charge in [-0.1, -0.05) is 39.3 Å². The highest BCUT2D eigenvalue weighted by atomic mass is 16.7. The summed E-state index contributed by atoms with van der Waals surface area (Å²) in [4.78, 5) is 11.5. The Morgan fingerprint density at radius 3 is 2.64 bits per heavy atom. The molecule has 0 radical (unpaired) electrons. The largest absolute Gasteiger partial charge is 0.462 e. The van der Waals surface area contributed by atoms with Gasteiger partial charge in [-0.3, -0.25) is 4.79 Å². The van der Waals surface area contributed by atoms with E-state index in [9.17, 15) is 4.79 Å². The third-order valence-corrected chi connectivity index (χ3v) is 11.7. The van der Waals surface area contributed by atoms with Gasteiger partial charge in [0.15, 0.2) is 5.79 Å². The molecule has 2 heterocycles. The zero-order chi connectivity index (χ0) is 23.2. The Kier molecular flexibility index (Phi) is 5.18. The second kappa shape index (κ2) is 7.56. The van der Waals surface area contributed by atoms with Crippen molar-refractivity contribution >= 4 is 5.97 Å².